The standard InChI is InChI=1S/C19H25N3O.2ClH/c1-2-4-18-16(3-1)17(5-8-21-18)19(15-6-13-23-14-7-15)22-11-9-20-10-12-22;;/h1-5,8,15,19-20H,6-7,9-14H2;2*1H/t19-;;/m1../s1. The van der Waals surface area contributed by atoms with Crippen LogP contribution in [-0.4, -0.2) is 49.3 Å². The van der Waals surface area contributed by atoms with E-state index < -0.39 is 0 Å². The van der Waals surface area contributed by atoms with Gasteiger partial charge in [0.2, 0.25) is 0 Å². The molecule has 0 saturated carbocycles. The van der Waals surface area contributed by atoms with E-state index in [1.165, 1.54) is 10.9 Å². The molecule has 1 aromatic carbocycles. The summed E-state index contributed by atoms with van der Waals surface area (Å²) in [7, 11) is 0. The number of aromatic nitrogens is 1. The second kappa shape index (κ2) is 9.70. The molecular formula is C19H27Cl2N3O. The molecule has 0 amide bonds. The molecule has 0 bridgehead atoms. The largest absolute Gasteiger partial charge is 0.381 e. The maximum absolute atomic E-state index is 5.62. The summed E-state index contributed by atoms with van der Waals surface area (Å²) in [5.41, 5.74) is 2.56. The van der Waals surface area contributed by atoms with Crippen molar-refractivity contribution in [3.8, 4) is 0 Å². The number of rotatable bonds is 3. The molecule has 0 radical (unpaired) electrons. The lowest BCUT2D eigenvalue weighted by atomic mass is 9.84. The summed E-state index contributed by atoms with van der Waals surface area (Å²) in [5, 5.41) is 4.79. The Morgan fingerprint density at radius 2 is 1.76 bits per heavy atom. The Kier molecular flexibility index (Phi) is 7.91. The Morgan fingerprint density at radius 3 is 2.52 bits per heavy atom. The Bertz CT molecular complexity index is 635. The van der Waals surface area contributed by atoms with E-state index in [9.17, 15) is 0 Å². The minimum Gasteiger partial charge on any atom is -0.381 e. The molecule has 0 unspecified atom stereocenters. The summed E-state index contributed by atoms with van der Waals surface area (Å²) in [6.07, 6.45) is 4.29. The molecule has 1 aromatic heterocycles. The first-order valence-corrected chi connectivity index (χ1v) is 8.79. The van der Waals surface area contributed by atoms with E-state index in [1.807, 2.05) is 6.20 Å². The van der Waals surface area contributed by atoms with Crippen molar-refractivity contribution in [3.63, 3.8) is 0 Å². The van der Waals surface area contributed by atoms with Crippen LogP contribution in [0.25, 0.3) is 10.9 Å². The molecule has 2 aromatic rings. The number of hydrogen-bond acceptors (Lipinski definition) is 4. The lowest BCUT2D eigenvalue weighted by Gasteiger charge is -2.41. The third-order valence-electron chi connectivity index (χ3n) is 5.26. The van der Waals surface area contributed by atoms with E-state index in [0.717, 1.165) is 57.8 Å². The summed E-state index contributed by atoms with van der Waals surface area (Å²) < 4.78 is 5.62. The minimum atomic E-state index is 0. The zero-order chi connectivity index (χ0) is 15.5. The summed E-state index contributed by atoms with van der Waals surface area (Å²) >= 11 is 0. The number of ether oxygens (including phenoxy) is 1. The van der Waals surface area contributed by atoms with Crippen molar-refractivity contribution in [1.29, 1.82) is 0 Å². The molecule has 0 aliphatic carbocycles. The van der Waals surface area contributed by atoms with Crippen LogP contribution in [0.4, 0.5) is 0 Å². The molecule has 4 rings (SSSR count). The first-order chi connectivity index (χ1) is 11.4. The van der Waals surface area contributed by atoms with E-state index in [-0.39, 0.29) is 24.8 Å². The van der Waals surface area contributed by atoms with Crippen molar-refractivity contribution < 1.29 is 4.74 Å². The van der Waals surface area contributed by atoms with E-state index in [1.54, 1.807) is 0 Å². The van der Waals surface area contributed by atoms with Gasteiger partial charge in [-0.3, -0.25) is 9.88 Å². The van der Waals surface area contributed by atoms with Gasteiger partial charge in [-0.1, -0.05) is 18.2 Å². The van der Waals surface area contributed by atoms with Crippen LogP contribution in [-0.2, 0) is 4.74 Å². The topological polar surface area (TPSA) is 37.4 Å². The first-order valence-electron chi connectivity index (χ1n) is 8.79. The Balaban J connectivity index is 0.00000113. The number of fused-ring (bicyclic) bond motifs is 1. The van der Waals surface area contributed by atoms with Gasteiger partial charge >= 0.3 is 0 Å². The van der Waals surface area contributed by atoms with Gasteiger partial charge < -0.3 is 10.1 Å². The fourth-order valence-electron chi connectivity index (χ4n) is 4.12. The van der Waals surface area contributed by atoms with Crippen molar-refractivity contribution in [2.45, 2.75) is 18.9 Å². The molecule has 2 fully saturated rings. The maximum Gasteiger partial charge on any atom is 0.0705 e. The monoisotopic (exact) mass is 383 g/mol. The number of pyridine rings is 1. The van der Waals surface area contributed by atoms with Gasteiger partial charge in [0.05, 0.1) is 5.52 Å². The molecule has 1 N–H and O–H groups in total. The minimum absolute atomic E-state index is 0. The predicted molar refractivity (Wildman–Crippen MR) is 107 cm³/mol. The highest BCUT2D eigenvalue weighted by atomic mass is 35.5. The van der Waals surface area contributed by atoms with Crippen LogP contribution in [0.2, 0.25) is 0 Å². The molecule has 0 spiro atoms. The van der Waals surface area contributed by atoms with Crippen LogP contribution in [0, 0.1) is 5.92 Å². The van der Waals surface area contributed by atoms with Crippen molar-refractivity contribution in [3.05, 3.63) is 42.1 Å². The van der Waals surface area contributed by atoms with Gasteiger partial charge in [0.1, 0.15) is 0 Å². The third kappa shape index (κ3) is 4.44. The third-order valence-corrected chi connectivity index (χ3v) is 5.26. The van der Waals surface area contributed by atoms with Gasteiger partial charge in [-0.05, 0) is 36.5 Å². The Morgan fingerprint density at radius 1 is 1.04 bits per heavy atom. The highest BCUT2D eigenvalue weighted by Crippen LogP contribution is 2.37. The smallest absolute Gasteiger partial charge is 0.0705 e. The van der Waals surface area contributed by atoms with Gasteiger partial charge in [-0.15, -0.1) is 24.8 Å². The van der Waals surface area contributed by atoms with Gasteiger partial charge in [0.25, 0.3) is 0 Å². The zero-order valence-corrected chi connectivity index (χ0v) is 16.0. The average Bonchev–Trinajstić information content (AvgIpc) is 2.64. The quantitative estimate of drug-likeness (QED) is 0.880. The molecule has 25 heavy (non-hydrogen) atoms. The van der Waals surface area contributed by atoms with Crippen molar-refractivity contribution in [1.82, 2.24) is 15.2 Å². The zero-order valence-electron chi connectivity index (χ0n) is 14.4. The Hall–Kier alpha value is -0.910. The number of nitrogens with zero attached hydrogens (tertiary/aromatic N) is 2. The van der Waals surface area contributed by atoms with Crippen LogP contribution in [0.1, 0.15) is 24.4 Å². The molecule has 2 saturated heterocycles. The summed E-state index contributed by atoms with van der Waals surface area (Å²) in [6.45, 7) is 6.22. The number of nitrogens with one attached hydrogen (secondary N) is 1. The summed E-state index contributed by atoms with van der Waals surface area (Å²) in [5.74, 6) is 0.674. The van der Waals surface area contributed by atoms with E-state index in [2.05, 4.69) is 45.5 Å². The number of benzene rings is 1. The lowest BCUT2D eigenvalue weighted by Crippen LogP contribution is -2.47. The van der Waals surface area contributed by atoms with Crippen LogP contribution in [0.3, 0.4) is 0 Å². The number of halogens is 2. The normalized spacial score (nSPS) is 20.5. The molecule has 1 atom stereocenters. The maximum atomic E-state index is 5.62. The SMILES string of the molecule is Cl.Cl.c1ccc2c([C@@H](C3CCOCC3)N3CCNCC3)ccnc2c1. The van der Waals surface area contributed by atoms with Gasteiger partial charge in [0.15, 0.2) is 0 Å². The number of piperazine rings is 1. The first kappa shape index (κ1) is 20.4. The highest BCUT2D eigenvalue weighted by molar-refractivity contribution is 5.85. The predicted octanol–water partition coefficient (Wildman–Crippen LogP) is 3.45. The number of hydrogen-bond donors (Lipinski definition) is 1. The van der Waals surface area contributed by atoms with Crippen LogP contribution in [0.15, 0.2) is 36.5 Å². The summed E-state index contributed by atoms with van der Waals surface area (Å²) in [4.78, 5) is 7.23. The molecule has 2 aliphatic heterocycles. The van der Waals surface area contributed by atoms with E-state index in [4.69, 9.17) is 4.74 Å². The van der Waals surface area contributed by atoms with Crippen molar-refractivity contribution >= 4 is 35.7 Å². The fourth-order valence-corrected chi connectivity index (χ4v) is 4.12. The van der Waals surface area contributed by atoms with Crippen LogP contribution in [0.5, 0.6) is 0 Å². The Labute approximate surface area is 162 Å². The second-order valence-corrected chi connectivity index (χ2v) is 6.60. The molecular weight excluding hydrogens is 357 g/mol. The second-order valence-electron chi connectivity index (χ2n) is 6.60. The summed E-state index contributed by atoms with van der Waals surface area (Å²) in [6, 6.07) is 11.3. The van der Waals surface area contributed by atoms with Gasteiger partial charge in [0, 0.05) is 57.0 Å². The highest BCUT2D eigenvalue weighted by Gasteiger charge is 2.32. The molecule has 138 valence electrons. The van der Waals surface area contributed by atoms with Crippen molar-refractivity contribution in [2.24, 2.45) is 5.92 Å². The van der Waals surface area contributed by atoms with Crippen LogP contribution < -0.4 is 5.32 Å². The van der Waals surface area contributed by atoms with E-state index in [0.29, 0.717) is 12.0 Å². The van der Waals surface area contributed by atoms with E-state index >= 15 is 0 Å². The molecule has 4 nitrogen and oxygen atoms in total. The van der Waals surface area contributed by atoms with Crippen LogP contribution >= 0.6 is 24.8 Å². The molecule has 6 heteroatoms. The lowest BCUT2D eigenvalue weighted by molar-refractivity contribution is 0.0217. The molecule has 2 aliphatic rings. The molecule has 3 heterocycles. The van der Waals surface area contributed by atoms with Gasteiger partial charge in [-0.2, -0.15) is 0 Å². The average molecular weight is 384 g/mol. The fraction of sp³-hybridized carbons (Fsp3) is 0.526. The number of para-hydroxylation sites is 1. The van der Waals surface area contributed by atoms with Crippen molar-refractivity contribution in [2.75, 3.05) is 39.4 Å². The van der Waals surface area contributed by atoms with Gasteiger partial charge in [-0.25, -0.2) is 0 Å².